The van der Waals surface area contributed by atoms with Crippen LogP contribution in [0.5, 0.6) is 80.5 Å². The normalized spacial score (nSPS) is 24.5. The number of halogens is 1. The van der Waals surface area contributed by atoms with Crippen molar-refractivity contribution in [3.8, 4) is 92.6 Å². The molecular weight excluding hydrogens is 1970 g/mol. The summed E-state index contributed by atoms with van der Waals surface area (Å²) in [6.07, 6.45) is 9.17. The molecule has 9 aromatic carbocycles. The van der Waals surface area contributed by atoms with Gasteiger partial charge in [-0.25, -0.2) is 28.8 Å². The summed E-state index contributed by atoms with van der Waals surface area (Å²) in [7, 11) is 9.95. The molecule has 8 bridgehead atoms. The Labute approximate surface area is 875 Å². The Morgan fingerprint density at radius 3 is 1.32 bits per heavy atom. The van der Waals surface area contributed by atoms with Crippen molar-refractivity contribution in [2.45, 2.75) is 188 Å². The summed E-state index contributed by atoms with van der Waals surface area (Å²) < 4.78 is 96.8. The SMILES string of the molecule is COc1cc2c(cc1OC(=O)OC(C)(C)C)CCN[C@]21CS[C@@H]2c3c(O)c(C)c4c(c3[C@H](COC1=O)N1C2[C@H]2c3c(cc(C)c(OC)c3O)C[C@@H]([C@@H]1C#N)N2C)OCO4.COc1cc2c(cc1OC(=O)OC(C)(C)C)CCN[C@]21CS[C@@H]2c3c(OC(=O)/C=C/c4ccccc4)c(C)c4c(c3[C@H](COC1=O)N1C2[C@H]2c3c(cc(C)c(OC)c3OC(=O)/C=C/c3ccccc3)C[C@@H]([C@@H]1C#N)N2C)OCO4.O=C(Cl)/C=C/c1ccccc1. The number of thioether (sulfide) groups is 2. The summed E-state index contributed by atoms with van der Waals surface area (Å²) >= 11 is 7.99. The molecule has 0 aromatic heterocycles. The molecule has 2 unspecified atom stereocenters. The first-order valence-corrected chi connectivity index (χ1v) is 51.6. The van der Waals surface area contributed by atoms with Crippen molar-refractivity contribution >= 4 is 94.8 Å². The van der Waals surface area contributed by atoms with E-state index in [0.29, 0.717) is 134 Å². The van der Waals surface area contributed by atoms with E-state index in [1.54, 1.807) is 98.1 Å². The van der Waals surface area contributed by atoms with Crippen LogP contribution in [0.1, 0.15) is 182 Å². The molecule has 36 heteroatoms. The summed E-state index contributed by atoms with van der Waals surface area (Å²) in [6.45, 7) is 17.9. The molecule has 9 aromatic rings. The molecule has 14 aliphatic heterocycles. The molecule has 2 spiro atoms. The van der Waals surface area contributed by atoms with Gasteiger partial charge in [0.15, 0.2) is 80.1 Å². The number of ether oxygens (including phenoxy) is 16. The number of esters is 4. The van der Waals surface area contributed by atoms with E-state index in [4.69, 9.17) is 87.4 Å². The number of nitriles is 2. The molecule has 149 heavy (non-hydrogen) atoms. The number of carbonyl (C=O) groups excluding carboxylic acids is 7. The molecular formula is C113H115ClN8O25S2. The number of phenolic OH excluding ortho intramolecular Hbond substituents is 2. The summed E-state index contributed by atoms with van der Waals surface area (Å²) in [5.74, 6) is 1.38. The first kappa shape index (κ1) is 104. The van der Waals surface area contributed by atoms with Gasteiger partial charge in [-0.1, -0.05) is 109 Å². The molecule has 0 radical (unpaired) electrons. The lowest BCUT2D eigenvalue weighted by molar-refractivity contribution is -0.158. The Bertz CT molecular complexity index is 7060. The fourth-order valence-corrected chi connectivity index (χ4v) is 26.8. The predicted molar refractivity (Wildman–Crippen MR) is 552 cm³/mol. The molecule has 4 N–H and O–H groups in total. The minimum atomic E-state index is -1.53. The van der Waals surface area contributed by atoms with Gasteiger partial charge in [0.1, 0.15) is 48.0 Å². The minimum absolute atomic E-state index is 0.0233. The molecule has 14 aliphatic rings. The lowest BCUT2D eigenvalue weighted by Crippen LogP contribution is -2.69. The van der Waals surface area contributed by atoms with Gasteiger partial charge >= 0.3 is 36.2 Å². The molecule has 4 fully saturated rings. The van der Waals surface area contributed by atoms with Crippen LogP contribution in [0.3, 0.4) is 0 Å². The molecule has 23 rings (SSSR count). The van der Waals surface area contributed by atoms with Gasteiger partial charge in [0.2, 0.25) is 18.8 Å². The number of hydrogen-bond acceptors (Lipinski definition) is 35. The molecule has 0 amide bonds. The highest BCUT2D eigenvalue weighted by atomic mass is 35.5. The zero-order valence-corrected chi connectivity index (χ0v) is 87.6. The van der Waals surface area contributed by atoms with Crippen LogP contribution in [0.25, 0.3) is 18.2 Å². The quantitative estimate of drug-likeness (QED) is 0.0196. The summed E-state index contributed by atoms with van der Waals surface area (Å²) in [5, 5.41) is 52.4. The average molecular weight is 2080 g/mol. The number of likely N-dealkylation sites (N-methyl/N-ethyl adjacent to an activating group) is 2. The number of allylic oxidation sites excluding steroid dienone is 1. The van der Waals surface area contributed by atoms with Crippen LogP contribution < -0.4 is 67.5 Å². The van der Waals surface area contributed by atoms with Gasteiger partial charge in [-0.15, -0.1) is 23.5 Å². The Morgan fingerprint density at radius 1 is 0.470 bits per heavy atom. The largest absolute Gasteiger partial charge is 0.514 e. The second-order valence-electron chi connectivity index (χ2n) is 40.5. The topological polar surface area (TPSA) is 392 Å². The average Bonchev–Trinajstić information content (AvgIpc) is 1.65. The van der Waals surface area contributed by atoms with Crippen LogP contribution >= 0.6 is 35.1 Å². The fraction of sp³-hybridized carbons (Fsp3) is 0.389. The van der Waals surface area contributed by atoms with E-state index in [-0.39, 0.29) is 90.3 Å². The second-order valence-corrected chi connectivity index (χ2v) is 43.1. The summed E-state index contributed by atoms with van der Waals surface area (Å²) in [5.41, 5.74) is 8.78. The van der Waals surface area contributed by atoms with Gasteiger partial charge in [0.25, 0.3) is 0 Å². The maximum Gasteiger partial charge on any atom is 0.514 e. The molecule has 776 valence electrons. The third-order valence-corrected chi connectivity index (χ3v) is 32.6. The number of aromatic hydroxyl groups is 2. The van der Waals surface area contributed by atoms with E-state index in [2.05, 4.69) is 42.4 Å². The molecule has 4 saturated heterocycles. The number of phenols is 2. The molecule has 0 aliphatic carbocycles. The first-order valence-electron chi connectivity index (χ1n) is 49.1. The lowest BCUT2D eigenvalue weighted by Gasteiger charge is -2.62. The van der Waals surface area contributed by atoms with E-state index < -0.39 is 129 Å². The van der Waals surface area contributed by atoms with E-state index >= 15 is 4.79 Å². The number of nitrogens with one attached hydrogen (secondary N) is 2. The first-order chi connectivity index (χ1) is 71.5. The van der Waals surface area contributed by atoms with Crippen LogP contribution in [0.15, 0.2) is 146 Å². The Balaban J connectivity index is 0.000000175. The van der Waals surface area contributed by atoms with Gasteiger partial charge < -0.3 is 86.0 Å². The monoisotopic (exact) mass is 2080 g/mol. The Kier molecular flexibility index (Phi) is 28.9. The number of piperazine rings is 2. The highest BCUT2D eigenvalue weighted by Gasteiger charge is 2.65. The smallest absolute Gasteiger partial charge is 0.507 e. The number of nitrogens with zero attached hydrogens (tertiary/aromatic N) is 6. The van der Waals surface area contributed by atoms with Crippen LogP contribution in [0.2, 0.25) is 0 Å². The second kappa shape index (κ2) is 41.5. The van der Waals surface area contributed by atoms with Crippen LogP contribution in [-0.2, 0) is 79.7 Å². The summed E-state index contributed by atoms with van der Waals surface area (Å²) in [4.78, 5) is 104. The number of aryl methyl sites for hydroxylation is 2. The maximum atomic E-state index is 15.4. The number of carbonyl (C=O) groups is 7. The molecule has 33 nitrogen and oxygen atoms in total. The van der Waals surface area contributed by atoms with Crippen LogP contribution in [-0.4, -0.2) is 213 Å². The van der Waals surface area contributed by atoms with Gasteiger partial charge in [-0.2, -0.15) is 10.5 Å². The van der Waals surface area contributed by atoms with Gasteiger partial charge in [-0.3, -0.25) is 35.0 Å². The van der Waals surface area contributed by atoms with E-state index in [9.17, 15) is 49.5 Å². The molecule has 0 saturated carbocycles. The summed E-state index contributed by atoms with van der Waals surface area (Å²) in [6, 6.07) is 38.4. The van der Waals surface area contributed by atoms with Crippen molar-refractivity contribution in [3.63, 3.8) is 0 Å². The van der Waals surface area contributed by atoms with Gasteiger partial charge in [-0.05, 0) is 224 Å². The van der Waals surface area contributed by atoms with Crippen molar-refractivity contribution in [1.82, 2.24) is 30.2 Å². The zero-order chi connectivity index (χ0) is 105. The minimum Gasteiger partial charge on any atom is -0.507 e. The third-order valence-electron chi connectivity index (χ3n) is 29.6. The number of rotatable bonds is 14. The van der Waals surface area contributed by atoms with Gasteiger partial charge in [0.05, 0.1) is 75.2 Å². The fourth-order valence-electron chi connectivity index (χ4n) is 23.3. The maximum absolute atomic E-state index is 15.4. The standard InChI is InChI=1S/C61H60N4O13S.C43H48N4O11S.C9H7ClO/c1-33-25-38-26-40-41(29-62)65-42-30-72-58(68)61(39-28-43(70-7)44(27-37(39)23-24-63-61)75-59(69)78-60(3,4)5)31-79-57(49-48(42)55-54(73-32-74-55)34(2)53(49)76-45(66)21-19-35-15-11-9-12-16-35)51(65)50(64(40)6)47(38)56(52(33)71-8)77-46(67)22-20-36-17-13-10-14-18-36;1-19-11-22-12-24-25(15-44)47-26-16-54-40(50)43(23-14-27(52-7)28(13-21(23)9-10-45-43)57-41(51)58-42(3,4)5)17-59-39(31-30(26)38-37(55-18-56-38)20(2)34(31)48)33(47)32(46(24)6)29(22)35(49)36(19)53-8;10-9(11)7-6-8-4-2-1-3-5-8/h9-22,25,27-28,40-42,50-51,57,63H,23-24,26,30-32H2,1-8H3;11,13-14,24-26,32-33,39,45,48-49H,9-10,12,16-18H2,1-8H3;1-7H/b21-19+,22-20+;;7-6+/t40-,41-,42-,50+,51?,57+,61+;24-,25-,26-,32+,33?,39+,43+;/m00./s1. The number of benzene rings is 9. The molecule has 14 atom stereocenters. The van der Waals surface area contributed by atoms with Crippen molar-refractivity contribution in [3.05, 3.63) is 251 Å². The highest BCUT2D eigenvalue weighted by Crippen LogP contribution is 2.68. The number of methoxy groups -OCH3 is 4. The van der Waals surface area contributed by atoms with E-state index in [1.807, 2.05) is 138 Å². The van der Waals surface area contributed by atoms with Crippen molar-refractivity contribution in [2.75, 3.05) is 93.9 Å². The van der Waals surface area contributed by atoms with Crippen LogP contribution in [0.4, 0.5) is 9.59 Å². The van der Waals surface area contributed by atoms with E-state index in [0.717, 1.165) is 44.5 Å². The van der Waals surface area contributed by atoms with Crippen LogP contribution in [0, 0.1) is 50.4 Å². The number of hydrogen-bond donors (Lipinski definition) is 4. The van der Waals surface area contributed by atoms with Crippen molar-refractivity contribution in [1.29, 1.82) is 10.5 Å². The Hall–Kier alpha value is -14.0. The predicted octanol–water partition coefficient (Wildman–Crippen LogP) is 17.0. The van der Waals surface area contributed by atoms with Crippen molar-refractivity contribution < 1.29 is 120 Å². The molecule has 14 heterocycles. The van der Waals surface area contributed by atoms with E-state index in [1.165, 1.54) is 63.1 Å². The highest BCUT2D eigenvalue weighted by molar-refractivity contribution is 7.99. The Morgan fingerprint density at radius 2 is 0.879 bits per heavy atom. The zero-order valence-electron chi connectivity index (χ0n) is 85.2. The number of fused-ring (bicyclic) bond motifs is 18. The lowest BCUT2D eigenvalue weighted by atomic mass is 9.71. The van der Waals surface area contributed by atoms with Gasteiger partial charge in [0, 0.05) is 105 Å². The third kappa shape index (κ3) is 19.0. The van der Waals surface area contributed by atoms with Crippen molar-refractivity contribution in [2.24, 2.45) is 0 Å².